The number of carbonyl (C=O) groups is 1. The van der Waals surface area contributed by atoms with Crippen LogP contribution in [0.2, 0.25) is 0 Å². The number of carboxylic acids is 1. The van der Waals surface area contributed by atoms with Crippen LogP contribution in [0.3, 0.4) is 0 Å². The lowest BCUT2D eigenvalue weighted by molar-refractivity contribution is 0.0697. The van der Waals surface area contributed by atoms with E-state index in [9.17, 15) is 4.79 Å². The van der Waals surface area contributed by atoms with Gasteiger partial charge in [-0.3, -0.25) is 9.80 Å². The lowest BCUT2D eigenvalue weighted by atomic mass is 10.1. The van der Waals surface area contributed by atoms with E-state index in [1.54, 1.807) is 12.1 Å². The van der Waals surface area contributed by atoms with Crippen molar-refractivity contribution in [2.45, 2.75) is 32.4 Å². The number of nitrogens with zero attached hydrogens (tertiary/aromatic N) is 2. The van der Waals surface area contributed by atoms with Crippen molar-refractivity contribution in [3.05, 3.63) is 35.4 Å². The standard InChI is InChI=1S/C17H24N2O2/c1-13-10-18(8-9-19(11-13)16-6-7-16)12-14-2-4-15(5-3-14)17(20)21/h2-5,13,16H,6-12H2,1H3,(H,20,21). The van der Waals surface area contributed by atoms with E-state index in [1.165, 1.54) is 31.5 Å². The van der Waals surface area contributed by atoms with E-state index in [-0.39, 0.29) is 0 Å². The molecule has 0 bridgehead atoms. The summed E-state index contributed by atoms with van der Waals surface area (Å²) in [6.07, 6.45) is 2.76. The molecule has 0 amide bonds. The second-order valence-electron chi connectivity index (χ2n) is 6.57. The molecule has 1 unspecified atom stereocenters. The maximum absolute atomic E-state index is 10.9. The van der Waals surface area contributed by atoms with Gasteiger partial charge in [0.1, 0.15) is 0 Å². The second kappa shape index (κ2) is 6.16. The van der Waals surface area contributed by atoms with Crippen LogP contribution in [0.5, 0.6) is 0 Å². The zero-order valence-electron chi connectivity index (χ0n) is 12.7. The first-order chi connectivity index (χ1) is 10.1. The SMILES string of the molecule is CC1CN(Cc2ccc(C(=O)O)cc2)CCN(C2CC2)C1. The first kappa shape index (κ1) is 14.5. The average molecular weight is 288 g/mol. The first-order valence-corrected chi connectivity index (χ1v) is 7.90. The van der Waals surface area contributed by atoms with E-state index in [4.69, 9.17) is 5.11 Å². The topological polar surface area (TPSA) is 43.8 Å². The van der Waals surface area contributed by atoms with Crippen LogP contribution in [-0.2, 0) is 6.54 Å². The van der Waals surface area contributed by atoms with Gasteiger partial charge >= 0.3 is 5.97 Å². The van der Waals surface area contributed by atoms with Crippen LogP contribution in [0, 0.1) is 5.92 Å². The van der Waals surface area contributed by atoms with Gasteiger partial charge in [-0.25, -0.2) is 4.79 Å². The third-order valence-electron chi connectivity index (χ3n) is 4.49. The van der Waals surface area contributed by atoms with Gasteiger partial charge in [0.2, 0.25) is 0 Å². The van der Waals surface area contributed by atoms with Gasteiger partial charge in [-0.2, -0.15) is 0 Å². The van der Waals surface area contributed by atoms with Crippen LogP contribution in [0.25, 0.3) is 0 Å². The van der Waals surface area contributed by atoms with Crippen LogP contribution in [0.1, 0.15) is 35.7 Å². The maximum atomic E-state index is 10.9. The van der Waals surface area contributed by atoms with E-state index in [1.807, 2.05) is 12.1 Å². The summed E-state index contributed by atoms with van der Waals surface area (Å²) in [5, 5.41) is 8.94. The van der Waals surface area contributed by atoms with E-state index >= 15 is 0 Å². The summed E-state index contributed by atoms with van der Waals surface area (Å²) in [5.74, 6) is -0.156. The molecule has 1 heterocycles. The van der Waals surface area contributed by atoms with E-state index in [0.29, 0.717) is 11.5 Å². The van der Waals surface area contributed by atoms with Crippen LogP contribution in [-0.4, -0.2) is 53.1 Å². The van der Waals surface area contributed by atoms with Gasteiger partial charge in [-0.1, -0.05) is 19.1 Å². The van der Waals surface area contributed by atoms with E-state index in [2.05, 4.69) is 16.7 Å². The number of hydrogen-bond acceptors (Lipinski definition) is 3. The Labute approximate surface area is 126 Å². The molecule has 1 saturated carbocycles. The summed E-state index contributed by atoms with van der Waals surface area (Å²) in [6.45, 7) is 7.89. The van der Waals surface area contributed by atoms with Gasteiger partial charge < -0.3 is 5.11 Å². The summed E-state index contributed by atoms with van der Waals surface area (Å²) in [6, 6.07) is 8.14. The van der Waals surface area contributed by atoms with Crippen molar-refractivity contribution in [3.8, 4) is 0 Å². The van der Waals surface area contributed by atoms with Crippen molar-refractivity contribution in [3.63, 3.8) is 0 Å². The largest absolute Gasteiger partial charge is 0.478 e. The third kappa shape index (κ3) is 3.83. The van der Waals surface area contributed by atoms with Gasteiger partial charge in [0, 0.05) is 38.8 Å². The molecule has 2 aliphatic rings. The summed E-state index contributed by atoms with van der Waals surface area (Å²) < 4.78 is 0. The smallest absolute Gasteiger partial charge is 0.335 e. The van der Waals surface area contributed by atoms with E-state index < -0.39 is 5.97 Å². The highest BCUT2D eigenvalue weighted by Crippen LogP contribution is 2.28. The van der Waals surface area contributed by atoms with Gasteiger partial charge in [0.05, 0.1) is 5.56 Å². The molecule has 1 aliphatic carbocycles. The Bertz CT molecular complexity index is 496. The van der Waals surface area contributed by atoms with Gasteiger partial charge in [-0.15, -0.1) is 0 Å². The van der Waals surface area contributed by atoms with Crippen molar-refractivity contribution in [2.75, 3.05) is 26.2 Å². The highest BCUT2D eigenvalue weighted by atomic mass is 16.4. The van der Waals surface area contributed by atoms with Crippen molar-refractivity contribution in [1.29, 1.82) is 0 Å². The lowest BCUT2D eigenvalue weighted by Crippen LogP contribution is -2.32. The third-order valence-corrected chi connectivity index (χ3v) is 4.49. The van der Waals surface area contributed by atoms with Crippen molar-refractivity contribution in [2.24, 2.45) is 5.92 Å². The highest BCUT2D eigenvalue weighted by molar-refractivity contribution is 5.87. The van der Waals surface area contributed by atoms with E-state index in [0.717, 1.165) is 25.7 Å². The zero-order chi connectivity index (χ0) is 14.8. The summed E-state index contributed by atoms with van der Waals surface area (Å²) >= 11 is 0. The van der Waals surface area contributed by atoms with Gasteiger partial charge in [0.15, 0.2) is 0 Å². The van der Waals surface area contributed by atoms with Crippen molar-refractivity contribution >= 4 is 5.97 Å². The number of aromatic carboxylic acids is 1. The van der Waals surface area contributed by atoms with Crippen LogP contribution >= 0.6 is 0 Å². The fraction of sp³-hybridized carbons (Fsp3) is 0.588. The average Bonchev–Trinajstić information content (AvgIpc) is 3.27. The molecule has 1 saturated heterocycles. The molecule has 1 aromatic carbocycles. The molecule has 21 heavy (non-hydrogen) atoms. The quantitative estimate of drug-likeness (QED) is 0.923. The molecule has 0 aromatic heterocycles. The normalized spacial score (nSPS) is 24.7. The highest BCUT2D eigenvalue weighted by Gasteiger charge is 2.31. The molecule has 1 aliphatic heterocycles. The first-order valence-electron chi connectivity index (χ1n) is 7.90. The van der Waals surface area contributed by atoms with Crippen molar-refractivity contribution in [1.82, 2.24) is 9.80 Å². The summed E-state index contributed by atoms with van der Waals surface area (Å²) in [7, 11) is 0. The van der Waals surface area contributed by atoms with Gasteiger partial charge in [0.25, 0.3) is 0 Å². The minimum absolute atomic E-state index is 0.364. The van der Waals surface area contributed by atoms with Crippen molar-refractivity contribution < 1.29 is 9.90 Å². The molecule has 0 radical (unpaired) electrons. The Morgan fingerprint density at radius 3 is 2.52 bits per heavy atom. The predicted molar refractivity (Wildman–Crippen MR) is 82.4 cm³/mol. The Morgan fingerprint density at radius 2 is 1.90 bits per heavy atom. The van der Waals surface area contributed by atoms with Crippen LogP contribution in [0.4, 0.5) is 0 Å². The number of benzene rings is 1. The molecule has 1 aromatic rings. The molecule has 4 heteroatoms. The molecule has 114 valence electrons. The monoisotopic (exact) mass is 288 g/mol. The van der Waals surface area contributed by atoms with Crippen LogP contribution in [0.15, 0.2) is 24.3 Å². The molecule has 2 fully saturated rings. The molecule has 1 atom stereocenters. The summed E-state index contributed by atoms with van der Waals surface area (Å²) in [5.41, 5.74) is 1.56. The molecule has 0 spiro atoms. The Hall–Kier alpha value is -1.39. The second-order valence-corrected chi connectivity index (χ2v) is 6.57. The number of hydrogen-bond donors (Lipinski definition) is 1. The minimum Gasteiger partial charge on any atom is -0.478 e. The molecule has 4 nitrogen and oxygen atoms in total. The zero-order valence-corrected chi connectivity index (χ0v) is 12.7. The predicted octanol–water partition coefficient (Wildman–Crippen LogP) is 2.30. The fourth-order valence-corrected chi connectivity index (χ4v) is 3.28. The molecule has 1 N–H and O–H groups in total. The number of rotatable bonds is 4. The molecular weight excluding hydrogens is 264 g/mol. The van der Waals surface area contributed by atoms with Crippen LogP contribution < -0.4 is 0 Å². The Balaban J connectivity index is 1.59. The minimum atomic E-state index is -0.856. The molecular formula is C17H24N2O2. The number of carboxylic acid groups (broad SMARTS) is 1. The maximum Gasteiger partial charge on any atom is 0.335 e. The van der Waals surface area contributed by atoms with Gasteiger partial charge in [-0.05, 0) is 36.5 Å². The fourth-order valence-electron chi connectivity index (χ4n) is 3.28. The lowest BCUT2D eigenvalue weighted by Gasteiger charge is -2.21. The molecule has 3 rings (SSSR count). The summed E-state index contributed by atoms with van der Waals surface area (Å²) in [4.78, 5) is 16.0. The Morgan fingerprint density at radius 1 is 1.19 bits per heavy atom. The Kier molecular flexibility index (Phi) is 4.27.